The van der Waals surface area contributed by atoms with Gasteiger partial charge in [-0.2, -0.15) is 4.98 Å². The molecular weight excluding hydrogens is 168 g/mol. The first-order valence-electron chi connectivity index (χ1n) is 4.36. The van der Waals surface area contributed by atoms with Gasteiger partial charge in [0.25, 0.3) is 5.89 Å². The second-order valence-electron chi connectivity index (χ2n) is 3.09. The van der Waals surface area contributed by atoms with Gasteiger partial charge in [-0.05, 0) is 6.42 Å². The Morgan fingerprint density at radius 2 is 2.31 bits per heavy atom. The Kier molecular flexibility index (Phi) is 3.17. The van der Waals surface area contributed by atoms with Crippen molar-refractivity contribution in [3.05, 3.63) is 18.1 Å². The lowest BCUT2D eigenvalue weighted by Crippen LogP contribution is -2.00. The van der Waals surface area contributed by atoms with E-state index in [0.29, 0.717) is 12.2 Å². The van der Waals surface area contributed by atoms with Gasteiger partial charge in [0.1, 0.15) is 0 Å². The minimum Gasteiger partial charge on any atom is -0.331 e. The van der Waals surface area contributed by atoms with E-state index in [9.17, 15) is 4.79 Å². The van der Waals surface area contributed by atoms with Crippen LogP contribution in [-0.2, 0) is 0 Å². The van der Waals surface area contributed by atoms with Crippen LogP contribution < -0.4 is 0 Å². The summed E-state index contributed by atoms with van der Waals surface area (Å²) in [4.78, 5) is 15.2. The molecule has 0 aliphatic heterocycles. The molecule has 1 rings (SSSR count). The van der Waals surface area contributed by atoms with Gasteiger partial charge in [0, 0.05) is 12.3 Å². The minimum absolute atomic E-state index is 0.0885. The predicted molar refractivity (Wildman–Crippen MR) is 47.3 cm³/mol. The van der Waals surface area contributed by atoms with Gasteiger partial charge in [-0.1, -0.05) is 25.9 Å². The number of hydrogen-bond acceptors (Lipinski definition) is 4. The molecule has 0 amide bonds. The zero-order chi connectivity index (χ0) is 9.84. The monoisotopic (exact) mass is 181 g/mol. The van der Waals surface area contributed by atoms with Crippen LogP contribution in [0, 0.1) is 6.42 Å². The SMILES string of the molecule is CC[CH]C(=O)c1nc(C(C)C)no1. The van der Waals surface area contributed by atoms with Crippen molar-refractivity contribution in [3.63, 3.8) is 0 Å². The third-order valence-corrected chi connectivity index (χ3v) is 1.56. The predicted octanol–water partition coefficient (Wildman–Crippen LogP) is 1.99. The van der Waals surface area contributed by atoms with E-state index in [1.54, 1.807) is 0 Å². The second kappa shape index (κ2) is 4.16. The fourth-order valence-corrected chi connectivity index (χ4v) is 0.842. The molecule has 0 saturated heterocycles. The summed E-state index contributed by atoms with van der Waals surface area (Å²) in [5, 5.41) is 3.69. The highest BCUT2D eigenvalue weighted by Gasteiger charge is 2.15. The van der Waals surface area contributed by atoms with E-state index in [1.807, 2.05) is 20.8 Å². The molecule has 1 radical (unpaired) electrons. The smallest absolute Gasteiger partial charge is 0.294 e. The molecule has 0 atom stereocenters. The van der Waals surface area contributed by atoms with Gasteiger partial charge in [-0.3, -0.25) is 4.79 Å². The first kappa shape index (κ1) is 9.89. The van der Waals surface area contributed by atoms with Gasteiger partial charge in [0.2, 0.25) is 5.78 Å². The van der Waals surface area contributed by atoms with Gasteiger partial charge in [0.05, 0.1) is 0 Å². The highest BCUT2D eigenvalue weighted by Crippen LogP contribution is 2.10. The molecule has 0 aliphatic carbocycles. The van der Waals surface area contributed by atoms with Crippen LogP contribution in [0.4, 0.5) is 0 Å². The Morgan fingerprint density at radius 3 is 2.77 bits per heavy atom. The maximum Gasteiger partial charge on any atom is 0.294 e. The largest absolute Gasteiger partial charge is 0.331 e. The van der Waals surface area contributed by atoms with Crippen LogP contribution in [0.3, 0.4) is 0 Å². The van der Waals surface area contributed by atoms with Crippen molar-refractivity contribution in [1.29, 1.82) is 0 Å². The van der Waals surface area contributed by atoms with Crippen molar-refractivity contribution < 1.29 is 9.32 Å². The first-order chi connectivity index (χ1) is 6.15. The summed E-state index contributed by atoms with van der Waals surface area (Å²) >= 11 is 0. The number of aromatic nitrogens is 2. The molecule has 0 aromatic carbocycles. The lowest BCUT2D eigenvalue weighted by atomic mass is 10.2. The normalized spacial score (nSPS) is 10.8. The molecule has 0 aliphatic rings. The van der Waals surface area contributed by atoms with Crippen molar-refractivity contribution in [2.45, 2.75) is 33.1 Å². The highest BCUT2D eigenvalue weighted by molar-refractivity contribution is 5.98. The summed E-state index contributed by atoms with van der Waals surface area (Å²) < 4.78 is 4.80. The lowest BCUT2D eigenvalue weighted by molar-refractivity contribution is 0.0982. The molecule has 0 saturated carbocycles. The molecule has 4 heteroatoms. The van der Waals surface area contributed by atoms with Gasteiger partial charge >= 0.3 is 0 Å². The molecule has 0 fully saturated rings. The Hall–Kier alpha value is -1.19. The third-order valence-electron chi connectivity index (χ3n) is 1.56. The lowest BCUT2D eigenvalue weighted by Gasteiger charge is -1.92. The Balaban J connectivity index is 2.73. The number of hydrogen-bond donors (Lipinski definition) is 0. The quantitative estimate of drug-likeness (QED) is 0.666. The van der Waals surface area contributed by atoms with E-state index in [-0.39, 0.29) is 17.6 Å². The minimum atomic E-state index is -0.193. The third kappa shape index (κ3) is 2.37. The molecule has 0 spiro atoms. The summed E-state index contributed by atoms with van der Waals surface area (Å²) in [5.74, 6) is 0.659. The first-order valence-corrected chi connectivity index (χ1v) is 4.36. The summed E-state index contributed by atoms with van der Waals surface area (Å²) in [6.45, 7) is 5.78. The standard InChI is InChI=1S/C9H13N2O2/c1-4-5-7(12)9-10-8(6(2)3)11-13-9/h5-6H,4H2,1-3H3. The van der Waals surface area contributed by atoms with Crippen molar-refractivity contribution in [2.75, 3.05) is 0 Å². The molecule has 13 heavy (non-hydrogen) atoms. The molecule has 1 heterocycles. The second-order valence-corrected chi connectivity index (χ2v) is 3.09. The van der Waals surface area contributed by atoms with Crippen LogP contribution in [-0.4, -0.2) is 15.9 Å². The average Bonchev–Trinajstić information content (AvgIpc) is 2.52. The molecule has 0 unspecified atom stereocenters. The van der Waals surface area contributed by atoms with Crippen LogP contribution in [0.15, 0.2) is 4.52 Å². The van der Waals surface area contributed by atoms with Gasteiger partial charge in [-0.25, -0.2) is 0 Å². The van der Waals surface area contributed by atoms with Crippen LogP contribution in [0.25, 0.3) is 0 Å². The van der Waals surface area contributed by atoms with Gasteiger partial charge in [-0.15, -0.1) is 0 Å². The number of ketones is 1. The number of nitrogens with zero attached hydrogens (tertiary/aromatic N) is 2. The zero-order valence-corrected chi connectivity index (χ0v) is 8.07. The van der Waals surface area contributed by atoms with Crippen molar-refractivity contribution >= 4 is 5.78 Å². The Bertz CT molecular complexity index is 292. The van der Waals surface area contributed by atoms with Crippen molar-refractivity contribution in [1.82, 2.24) is 10.1 Å². The fourth-order valence-electron chi connectivity index (χ4n) is 0.842. The number of carbonyl (C=O) groups excluding carboxylic acids is 1. The van der Waals surface area contributed by atoms with Crippen LogP contribution in [0.1, 0.15) is 49.6 Å². The maximum absolute atomic E-state index is 11.2. The molecule has 1 aromatic heterocycles. The van der Waals surface area contributed by atoms with Gasteiger partial charge in [0.15, 0.2) is 5.82 Å². The average molecular weight is 181 g/mol. The van der Waals surface area contributed by atoms with Crippen molar-refractivity contribution in [2.24, 2.45) is 0 Å². The van der Waals surface area contributed by atoms with E-state index in [0.717, 1.165) is 0 Å². The maximum atomic E-state index is 11.2. The Morgan fingerprint density at radius 1 is 1.62 bits per heavy atom. The Labute approximate surface area is 77.3 Å². The topological polar surface area (TPSA) is 56.0 Å². The van der Waals surface area contributed by atoms with E-state index < -0.39 is 0 Å². The van der Waals surface area contributed by atoms with E-state index in [2.05, 4.69) is 10.1 Å². The number of Topliss-reactive ketones (excluding diaryl/α,β-unsaturated/α-hetero) is 1. The summed E-state index contributed by atoms with van der Waals surface area (Å²) in [5.41, 5.74) is 0. The van der Waals surface area contributed by atoms with Gasteiger partial charge < -0.3 is 4.52 Å². The molecule has 0 N–H and O–H groups in total. The van der Waals surface area contributed by atoms with Crippen molar-refractivity contribution in [3.8, 4) is 0 Å². The fraction of sp³-hybridized carbons (Fsp3) is 0.556. The van der Waals surface area contributed by atoms with Crippen LogP contribution in [0.2, 0.25) is 0 Å². The molecule has 1 aromatic rings. The van der Waals surface area contributed by atoms with E-state index in [1.165, 1.54) is 6.42 Å². The molecule has 0 bridgehead atoms. The highest BCUT2D eigenvalue weighted by atomic mass is 16.5. The van der Waals surface area contributed by atoms with E-state index >= 15 is 0 Å². The molecular formula is C9H13N2O2. The zero-order valence-electron chi connectivity index (χ0n) is 8.07. The van der Waals surface area contributed by atoms with E-state index in [4.69, 9.17) is 4.52 Å². The summed E-state index contributed by atoms with van der Waals surface area (Å²) in [6, 6.07) is 0. The van der Waals surface area contributed by atoms with Crippen LogP contribution in [0.5, 0.6) is 0 Å². The summed E-state index contributed by atoms with van der Waals surface area (Å²) in [6.07, 6.45) is 2.20. The molecule has 71 valence electrons. The number of carbonyl (C=O) groups is 1. The summed E-state index contributed by atoms with van der Waals surface area (Å²) in [7, 11) is 0. The number of rotatable bonds is 4. The molecule has 4 nitrogen and oxygen atoms in total. The van der Waals surface area contributed by atoms with Crippen LogP contribution >= 0.6 is 0 Å².